The molecule has 1 aromatic rings. The lowest BCUT2D eigenvalue weighted by Crippen LogP contribution is -2.13. The maximum Gasteiger partial charge on any atom is 0.233 e. The maximum absolute atomic E-state index is 10.3. The summed E-state index contributed by atoms with van der Waals surface area (Å²) in [4.78, 5) is 9.77. The van der Waals surface area contributed by atoms with Gasteiger partial charge in [-0.05, 0) is 31.0 Å². The van der Waals surface area contributed by atoms with Gasteiger partial charge in [0.05, 0.1) is 6.10 Å². The molecule has 0 fully saturated rings. The van der Waals surface area contributed by atoms with E-state index in [0.717, 1.165) is 6.42 Å². The average Bonchev–Trinajstić information content (AvgIpc) is 2.28. The second-order valence-electron chi connectivity index (χ2n) is 3.94. The van der Waals surface area contributed by atoms with Gasteiger partial charge < -0.3 is 9.84 Å². The summed E-state index contributed by atoms with van der Waals surface area (Å²) in [5.74, 6) is 0.624. The van der Waals surface area contributed by atoms with Crippen LogP contribution in [-0.4, -0.2) is 22.7 Å². The molecule has 1 unspecified atom stereocenters. The number of hydrogen-bond acceptors (Lipinski definition) is 4. The molecule has 1 aromatic carbocycles. The highest BCUT2D eigenvalue weighted by molar-refractivity contribution is 5.30. The van der Waals surface area contributed by atoms with E-state index >= 15 is 0 Å². The van der Waals surface area contributed by atoms with Gasteiger partial charge in [0, 0.05) is 4.92 Å². The molecule has 0 spiro atoms. The fourth-order valence-electron chi connectivity index (χ4n) is 1.36. The number of hydrogen-bond donors (Lipinski definition) is 1. The van der Waals surface area contributed by atoms with Crippen molar-refractivity contribution in [2.75, 3.05) is 6.54 Å². The Morgan fingerprint density at radius 2 is 2.24 bits per heavy atom. The highest BCUT2D eigenvalue weighted by atomic mass is 16.6. The molecule has 0 saturated carbocycles. The number of nitrogens with zero attached hydrogens (tertiary/aromatic N) is 1. The van der Waals surface area contributed by atoms with Crippen molar-refractivity contribution in [3.05, 3.63) is 39.9 Å². The minimum atomic E-state index is -1.09. The summed E-state index contributed by atoms with van der Waals surface area (Å²) < 4.78 is 5.58. The third-order valence-corrected chi connectivity index (χ3v) is 2.48. The largest absolute Gasteiger partial charge is 0.491 e. The summed E-state index contributed by atoms with van der Waals surface area (Å²) in [7, 11) is 0. The first-order valence-electron chi connectivity index (χ1n) is 5.59. The molecule has 0 radical (unpaired) electrons. The zero-order valence-corrected chi connectivity index (χ0v) is 10.00. The van der Waals surface area contributed by atoms with Gasteiger partial charge in [0.15, 0.2) is 0 Å². The average molecular weight is 239 g/mol. The van der Waals surface area contributed by atoms with Crippen LogP contribution in [0.15, 0.2) is 24.3 Å². The van der Waals surface area contributed by atoms with Crippen LogP contribution in [0.1, 0.15) is 31.9 Å². The molecular weight excluding hydrogens is 222 g/mol. The Hall–Kier alpha value is -1.62. The fraction of sp³-hybridized carbons (Fsp3) is 0.500. The van der Waals surface area contributed by atoms with Crippen LogP contribution in [0.25, 0.3) is 0 Å². The van der Waals surface area contributed by atoms with Gasteiger partial charge in [0.1, 0.15) is 11.9 Å². The summed E-state index contributed by atoms with van der Waals surface area (Å²) >= 11 is 0. The number of nitro groups is 1. The monoisotopic (exact) mass is 239 g/mol. The molecule has 1 N–H and O–H groups in total. The minimum Gasteiger partial charge on any atom is -0.491 e. The third-order valence-electron chi connectivity index (χ3n) is 2.48. The van der Waals surface area contributed by atoms with Crippen LogP contribution in [0, 0.1) is 10.1 Å². The highest BCUT2D eigenvalue weighted by Gasteiger charge is 2.14. The van der Waals surface area contributed by atoms with Gasteiger partial charge in [-0.25, -0.2) is 0 Å². The second kappa shape index (κ2) is 6.20. The molecule has 0 heterocycles. The molecule has 0 aliphatic rings. The Bertz CT molecular complexity index is 381. The molecule has 0 saturated heterocycles. The van der Waals surface area contributed by atoms with Gasteiger partial charge in [-0.2, -0.15) is 0 Å². The smallest absolute Gasteiger partial charge is 0.233 e. The van der Waals surface area contributed by atoms with Crippen LogP contribution < -0.4 is 4.74 Å². The van der Waals surface area contributed by atoms with E-state index in [0.29, 0.717) is 11.3 Å². The van der Waals surface area contributed by atoms with Crippen molar-refractivity contribution in [2.45, 2.75) is 32.5 Å². The van der Waals surface area contributed by atoms with Crippen LogP contribution in [0.2, 0.25) is 0 Å². The molecule has 2 atom stereocenters. The number of ether oxygens (including phenoxy) is 1. The predicted molar refractivity (Wildman–Crippen MR) is 63.6 cm³/mol. The first kappa shape index (κ1) is 13.4. The third kappa shape index (κ3) is 4.40. The lowest BCUT2D eigenvalue weighted by Gasteiger charge is -2.14. The maximum atomic E-state index is 10.3. The molecule has 17 heavy (non-hydrogen) atoms. The summed E-state index contributed by atoms with van der Waals surface area (Å²) in [5, 5.41) is 19.9. The molecule has 1 rings (SSSR count). The molecular formula is C12H17NO4. The van der Waals surface area contributed by atoms with Gasteiger partial charge in [-0.3, -0.25) is 10.1 Å². The van der Waals surface area contributed by atoms with Crippen molar-refractivity contribution in [3.63, 3.8) is 0 Å². The second-order valence-corrected chi connectivity index (χ2v) is 3.94. The van der Waals surface area contributed by atoms with Crippen molar-refractivity contribution in [3.8, 4) is 5.75 Å². The molecule has 94 valence electrons. The fourth-order valence-corrected chi connectivity index (χ4v) is 1.36. The summed E-state index contributed by atoms with van der Waals surface area (Å²) in [5.41, 5.74) is 0.502. The predicted octanol–water partition coefficient (Wildman–Crippen LogP) is 2.17. The normalized spacial score (nSPS) is 14.1. The zero-order valence-electron chi connectivity index (χ0n) is 10.00. The van der Waals surface area contributed by atoms with Crippen LogP contribution in [0.3, 0.4) is 0 Å². The zero-order chi connectivity index (χ0) is 12.8. The van der Waals surface area contributed by atoms with E-state index in [9.17, 15) is 15.2 Å². The van der Waals surface area contributed by atoms with Crippen LogP contribution >= 0.6 is 0 Å². The summed E-state index contributed by atoms with van der Waals surface area (Å²) in [6, 6.07) is 6.78. The highest BCUT2D eigenvalue weighted by Crippen LogP contribution is 2.20. The van der Waals surface area contributed by atoms with Crippen LogP contribution in [-0.2, 0) is 0 Å². The molecule has 5 nitrogen and oxygen atoms in total. The van der Waals surface area contributed by atoms with Gasteiger partial charge in [-0.1, -0.05) is 19.1 Å². The summed E-state index contributed by atoms with van der Waals surface area (Å²) in [6.45, 7) is 3.46. The van der Waals surface area contributed by atoms with Crippen molar-refractivity contribution in [1.29, 1.82) is 0 Å². The molecule has 0 aliphatic heterocycles. The van der Waals surface area contributed by atoms with Gasteiger partial charge in [0.25, 0.3) is 0 Å². The van der Waals surface area contributed by atoms with E-state index in [-0.39, 0.29) is 6.10 Å². The summed E-state index contributed by atoms with van der Waals surface area (Å²) in [6.07, 6.45) is -0.134. The van der Waals surface area contributed by atoms with Crippen molar-refractivity contribution in [1.82, 2.24) is 0 Å². The molecule has 0 aliphatic carbocycles. The number of aliphatic hydroxyl groups is 1. The van der Waals surface area contributed by atoms with E-state index in [1.807, 2.05) is 13.8 Å². The lowest BCUT2D eigenvalue weighted by molar-refractivity contribution is -0.491. The number of aliphatic hydroxyl groups excluding tert-OH is 1. The van der Waals surface area contributed by atoms with Gasteiger partial charge >= 0.3 is 0 Å². The molecule has 5 heteroatoms. The van der Waals surface area contributed by atoms with E-state index in [2.05, 4.69) is 0 Å². The quantitative estimate of drug-likeness (QED) is 0.610. The lowest BCUT2D eigenvalue weighted by atomic mass is 10.1. The molecule has 0 aromatic heterocycles. The Morgan fingerprint density at radius 3 is 2.82 bits per heavy atom. The minimum absolute atomic E-state index is 0.0814. The van der Waals surface area contributed by atoms with E-state index in [1.54, 1.807) is 24.3 Å². The van der Waals surface area contributed by atoms with E-state index in [1.165, 1.54) is 0 Å². The van der Waals surface area contributed by atoms with Gasteiger partial charge in [-0.15, -0.1) is 0 Å². The van der Waals surface area contributed by atoms with Crippen LogP contribution in [0.5, 0.6) is 5.75 Å². The molecule has 0 bridgehead atoms. The molecule has 0 amide bonds. The SMILES string of the molecule is CCC(C)Oc1cccc([C@H](O)C[N+](=O)[O-])c1. The standard InChI is InChI=1S/C12H17NO4/c1-3-9(2)17-11-6-4-5-10(7-11)12(14)8-13(15)16/h4-7,9,12,14H,3,8H2,1-2H3/t9?,12-/m1/s1. The van der Waals surface area contributed by atoms with Crippen molar-refractivity contribution < 1.29 is 14.8 Å². The Morgan fingerprint density at radius 1 is 1.53 bits per heavy atom. The first-order valence-corrected chi connectivity index (χ1v) is 5.59. The Kier molecular flexibility index (Phi) is 4.90. The number of benzene rings is 1. The van der Waals surface area contributed by atoms with E-state index < -0.39 is 17.6 Å². The Labute approximate surface area is 100 Å². The van der Waals surface area contributed by atoms with Crippen LogP contribution in [0.4, 0.5) is 0 Å². The van der Waals surface area contributed by atoms with Gasteiger partial charge in [0.2, 0.25) is 6.54 Å². The Balaban J connectivity index is 2.74. The first-order chi connectivity index (χ1) is 8.02. The number of rotatable bonds is 6. The van der Waals surface area contributed by atoms with E-state index in [4.69, 9.17) is 4.74 Å². The van der Waals surface area contributed by atoms with Crippen molar-refractivity contribution in [2.24, 2.45) is 0 Å². The van der Waals surface area contributed by atoms with Crippen molar-refractivity contribution >= 4 is 0 Å². The topological polar surface area (TPSA) is 72.6 Å².